The van der Waals surface area contributed by atoms with Crippen LogP contribution in [0.15, 0.2) is 47.8 Å². The molecule has 1 N–H and O–H groups in total. The van der Waals surface area contributed by atoms with Crippen molar-refractivity contribution in [2.24, 2.45) is 0 Å². The van der Waals surface area contributed by atoms with Gasteiger partial charge in [0, 0.05) is 16.5 Å². The topological polar surface area (TPSA) is 83.1 Å². The molecule has 0 spiro atoms. The first-order valence-corrected chi connectivity index (χ1v) is 10.1. The third-order valence-electron chi connectivity index (χ3n) is 4.53. The van der Waals surface area contributed by atoms with E-state index in [9.17, 15) is 9.59 Å². The smallest absolute Gasteiger partial charge is 0.341 e. The van der Waals surface area contributed by atoms with Gasteiger partial charge in [-0.3, -0.25) is 4.79 Å². The molecule has 2 heterocycles. The van der Waals surface area contributed by atoms with Gasteiger partial charge in [0.25, 0.3) is 5.91 Å². The van der Waals surface area contributed by atoms with E-state index in [0.29, 0.717) is 38.9 Å². The number of hydrogen-bond donors (Lipinski definition) is 1. The van der Waals surface area contributed by atoms with Gasteiger partial charge < -0.3 is 24.3 Å². The Balaban J connectivity index is 1.66. The number of benzene rings is 2. The normalized spacial score (nSPS) is 11.8. The number of rotatable bonds is 6. The molecule has 30 heavy (non-hydrogen) atoms. The Bertz CT molecular complexity index is 1090. The van der Waals surface area contributed by atoms with E-state index in [-0.39, 0.29) is 19.3 Å². The van der Waals surface area contributed by atoms with Crippen molar-refractivity contribution < 1.29 is 28.5 Å². The molecule has 0 radical (unpaired) electrons. The summed E-state index contributed by atoms with van der Waals surface area (Å²) in [5.74, 6) is 0.963. The highest BCUT2D eigenvalue weighted by Gasteiger charge is 2.24. The number of carbonyl (C=O) groups is 2. The zero-order valence-corrected chi connectivity index (χ0v) is 17.2. The van der Waals surface area contributed by atoms with Crippen molar-refractivity contribution >= 4 is 28.2 Å². The molecule has 7 nitrogen and oxygen atoms in total. The first kappa shape index (κ1) is 19.8. The summed E-state index contributed by atoms with van der Waals surface area (Å²) in [6.07, 6.45) is 0. The molecule has 0 fully saturated rings. The summed E-state index contributed by atoms with van der Waals surface area (Å²) in [5, 5.41) is 5.07. The maximum atomic E-state index is 12.8. The summed E-state index contributed by atoms with van der Waals surface area (Å²) < 4.78 is 21.0. The number of esters is 1. The van der Waals surface area contributed by atoms with E-state index in [1.807, 2.05) is 29.6 Å². The number of fused-ring (bicyclic) bond motifs is 1. The second-order valence-electron chi connectivity index (χ2n) is 6.32. The number of ether oxygens (including phenoxy) is 4. The first-order chi connectivity index (χ1) is 14.6. The van der Waals surface area contributed by atoms with Gasteiger partial charge in [0.15, 0.2) is 11.5 Å². The fraction of sp³-hybridized carbons (Fsp3) is 0.182. The summed E-state index contributed by atoms with van der Waals surface area (Å²) in [4.78, 5) is 25.5. The molecule has 1 aromatic heterocycles. The standard InChI is InChI=1S/C22H19NO6S/c1-3-27-22(25)19-16(13-4-7-15(26-2)8-5-13)11-30-21(19)23-20(24)14-6-9-17-18(10-14)29-12-28-17/h4-11H,3,12H2,1-2H3,(H,23,24). The lowest BCUT2D eigenvalue weighted by molar-refractivity contribution is 0.0529. The first-order valence-electron chi connectivity index (χ1n) is 9.24. The molecule has 4 rings (SSSR count). The predicted molar refractivity (Wildman–Crippen MR) is 113 cm³/mol. The van der Waals surface area contributed by atoms with Gasteiger partial charge in [-0.25, -0.2) is 4.79 Å². The minimum absolute atomic E-state index is 0.129. The van der Waals surface area contributed by atoms with Crippen LogP contribution in [0, 0.1) is 0 Å². The van der Waals surface area contributed by atoms with Gasteiger partial charge >= 0.3 is 5.97 Å². The molecule has 0 bridgehead atoms. The molecule has 154 valence electrons. The molecular formula is C22H19NO6S. The Morgan fingerprint density at radius 3 is 2.60 bits per heavy atom. The van der Waals surface area contributed by atoms with Gasteiger partial charge in [-0.1, -0.05) is 12.1 Å². The highest BCUT2D eigenvalue weighted by atomic mass is 32.1. The lowest BCUT2D eigenvalue weighted by Gasteiger charge is -2.09. The van der Waals surface area contributed by atoms with Crippen molar-refractivity contribution in [3.8, 4) is 28.4 Å². The Kier molecular flexibility index (Phi) is 5.58. The second-order valence-corrected chi connectivity index (χ2v) is 7.20. The van der Waals surface area contributed by atoms with Crippen LogP contribution < -0.4 is 19.5 Å². The Morgan fingerprint density at radius 2 is 1.87 bits per heavy atom. The van der Waals surface area contributed by atoms with E-state index in [1.54, 1.807) is 32.2 Å². The Labute approximate surface area is 177 Å². The highest BCUT2D eigenvalue weighted by Crippen LogP contribution is 2.38. The highest BCUT2D eigenvalue weighted by molar-refractivity contribution is 7.15. The molecule has 1 aliphatic heterocycles. The van der Waals surface area contributed by atoms with Crippen molar-refractivity contribution in [3.63, 3.8) is 0 Å². The summed E-state index contributed by atoms with van der Waals surface area (Å²) >= 11 is 1.26. The van der Waals surface area contributed by atoms with Crippen LogP contribution in [0.2, 0.25) is 0 Å². The lowest BCUT2D eigenvalue weighted by Crippen LogP contribution is -2.14. The number of nitrogens with one attached hydrogen (secondary N) is 1. The van der Waals surface area contributed by atoms with Gasteiger partial charge in [0.2, 0.25) is 6.79 Å². The Hall–Kier alpha value is -3.52. The number of anilines is 1. The molecule has 0 saturated heterocycles. The molecule has 8 heteroatoms. The van der Waals surface area contributed by atoms with Crippen LogP contribution in [-0.4, -0.2) is 32.4 Å². The molecule has 1 amide bonds. The molecule has 0 aliphatic carbocycles. The van der Waals surface area contributed by atoms with Crippen molar-refractivity contribution in [2.75, 3.05) is 25.8 Å². The van der Waals surface area contributed by atoms with E-state index in [1.165, 1.54) is 11.3 Å². The van der Waals surface area contributed by atoms with Crippen LogP contribution in [0.1, 0.15) is 27.6 Å². The number of carbonyl (C=O) groups excluding carboxylic acids is 2. The molecule has 0 atom stereocenters. The maximum absolute atomic E-state index is 12.8. The van der Waals surface area contributed by atoms with Crippen LogP contribution in [0.3, 0.4) is 0 Å². The SMILES string of the molecule is CCOC(=O)c1c(-c2ccc(OC)cc2)csc1NC(=O)c1ccc2c(c1)OCO2. The maximum Gasteiger partial charge on any atom is 0.341 e. The monoisotopic (exact) mass is 425 g/mol. The third-order valence-corrected chi connectivity index (χ3v) is 5.43. The van der Waals surface area contributed by atoms with Crippen molar-refractivity contribution in [3.05, 3.63) is 59.0 Å². The van der Waals surface area contributed by atoms with Gasteiger partial charge in [-0.2, -0.15) is 0 Å². The van der Waals surface area contributed by atoms with E-state index >= 15 is 0 Å². The molecule has 2 aromatic carbocycles. The van der Waals surface area contributed by atoms with Gasteiger partial charge in [-0.15, -0.1) is 11.3 Å². The van der Waals surface area contributed by atoms with E-state index in [2.05, 4.69) is 5.32 Å². The third kappa shape index (κ3) is 3.81. The zero-order chi connectivity index (χ0) is 21.1. The van der Waals surface area contributed by atoms with Crippen molar-refractivity contribution in [1.82, 2.24) is 0 Å². The second kappa shape index (κ2) is 8.46. The summed E-state index contributed by atoms with van der Waals surface area (Å²) in [6, 6.07) is 12.3. The molecular weight excluding hydrogens is 406 g/mol. The van der Waals surface area contributed by atoms with Crippen molar-refractivity contribution in [2.45, 2.75) is 6.92 Å². The van der Waals surface area contributed by atoms with Gasteiger partial charge in [0.1, 0.15) is 16.3 Å². The van der Waals surface area contributed by atoms with Crippen LogP contribution in [-0.2, 0) is 4.74 Å². The summed E-state index contributed by atoms with van der Waals surface area (Å²) in [7, 11) is 1.59. The fourth-order valence-electron chi connectivity index (χ4n) is 3.05. The summed E-state index contributed by atoms with van der Waals surface area (Å²) in [5.41, 5.74) is 2.22. The lowest BCUT2D eigenvalue weighted by atomic mass is 10.0. The minimum atomic E-state index is -0.495. The van der Waals surface area contributed by atoms with Crippen LogP contribution in [0.4, 0.5) is 5.00 Å². The largest absolute Gasteiger partial charge is 0.497 e. The molecule has 3 aromatic rings. The summed E-state index contributed by atoms with van der Waals surface area (Å²) in [6.45, 7) is 2.10. The number of amides is 1. The quantitative estimate of drug-likeness (QED) is 0.582. The van der Waals surface area contributed by atoms with Gasteiger partial charge in [-0.05, 0) is 42.8 Å². The number of thiophene rings is 1. The molecule has 0 unspecified atom stereocenters. The zero-order valence-electron chi connectivity index (χ0n) is 16.4. The predicted octanol–water partition coefficient (Wildman–Crippen LogP) is 4.58. The van der Waals surface area contributed by atoms with E-state index < -0.39 is 5.97 Å². The molecule has 0 saturated carbocycles. The Morgan fingerprint density at radius 1 is 1.10 bits per heavy atom. The number of methoxy groups -OCH3 is 1. The van der Waals surface area contributed by atoms with Crippen LogP contribution in [0.25, 0.3) is 11.1 Å². The average Bonchev–Trinajstić information content (AvgIpc) is 3.40. The van der Waals surface area contributed by atoms with Crippen LogP contribution >= 0.6 is 11.3 Å². The average molecular weight is 425 g/mol. The molecule has 1 aliphatic rings. The van der Waals surface area contributed by atoms with Crippen LogP contribution in [0.5, 0.6) is 17.2 Å². The van der Waals surface area contributed by atoms with E-state index in [4.69, 9.17) is 18.9 Å². The number of hydrogen-bond acceptors (Lipinski definition) is 7. The van der Waals surface area contributed by atoms with Crippen molar-refractivity contribution in [1.29, 1.82) is 0 Å². The van der Waals surface area contributed by atoms with E-state index in [0.717, 1.165) is 5.56 Å². The fourth-order valence-corrected chi connectivity index (χ4v) is 4.00. The van der Waals surface area contributed by atoms with Gasteiger partial charge in [0.05, 0.1) is 13.7 Å². The minimum Gasteiger partial charge on any atom is -0.497 e.